The van der Waals surface area contributed by atoms with Crippen LogP contribution in [0.3, 0.4) is 0 Å². The van der Waals surface area contributed by atoms with E-state index in [0.29, 0.717) is 6.54 Å². The molecule has 1 aliphatic heterocycles. The summed E-state index contributed by atoms with van der Waals surface area (Å²) >= 11 is 3.04. The van der Waals surface area contributed by atoms with Gasteiger partial charge in [-0.2, -0.15) is 0 Å². The molecular formula is C15H18BrF2NO2. The zero-order chi connectivity index (χ0) is 15.8. The van der Waals surface area contributed by atoms with Gasteiger partial charge in [0.05, 0.1) is 4.47 Å². The van der Waals surface area contributed by atoms with Gasteiger partial charge in [-0.15, -0.1) is 0 Å². The van der Waals surface area contributed by atoms with Gasteiger partial charge in [-0.3, -0.25) is 9.69 Å². The molecule has 3 nitrogen and oxygen atoms in total. The van der Waals surface area contributed by atoms with Crippen LogP contribution in [-0.4, -0.2) is 28.6 Å². The average molecular weight is 362 g/mol. The molecule has 1 aromatic carbocycles. The molecule has 116 valence electrons. The maximum Gasteiger partial charge on any atom is 0.321 e. The van der Waals surface area contributed by atoms with E-state index in [1.165, 1.54) is 12.1 Å². The number of piperidine rings is 1. The van der Waals surface area contributed by atoms with E-state index in [4.69, 9.17) is 0 Å². The second-order valence-electron chi connectivity index (χ2n) is 6.13. The molecule has 1 heterocycles. The molecule has 1 saturated heterocycles. The Balaban J connectivity index is 2.34. The number of nitrogens with zero attached hydrogens (tertiary/aromatic N) is 1. The molecule has 0 aromatic heterocycles. The van der Waals surface area contributed by atoms with Crippen LogP contribution in [0.15, 0.2) is 16.6 Å². The fourth-order valence-corrected chi connectivity index (χ4v) is 3.45. The SMILES string of the molecule is CC1(C)CCCN(Cc2c(F)ccc(Br)c2F)C1C(=O)O. The van der Waals surface area contributed by atoms with Gasteiger partial charge in [0.15, 0.2) is 0 Å². The normalized spacial score (nSPS) is 22.2. The van der Waals surface area contributed by atoms with E-state index in [0.717, 1.165) is 12.8 Å². The minimum absolute atomic E-state index is 0.0441. The van der Waals surface area contributed by atoms with Crippen LogP contribution in [0.5, 0.6) is 0 Å². The second kappa shape index (κ2) is 6.01. The van der Waals surface area contributed by atoms with E-state index in [1.54, 1.807) is 4.90 Å². The molecule has 1 fully saturated rings. The van der Waals surface area contributed by atoms with Crippen molar-refractivity contribution in [2.24, 2.45) is 5.41 Å². The Hall–Kier alpha value is -1.01. The highest BCUT2D eigenvalue weighted by atomic mass is 79.9. The average Bonchev–Trinajstić information content (AvgIpc) is 2.37. The molecule has 0 bridgehead atoms. The summed E-state index contributed by atoms with van der Waals surface area (Å²) in [5.41, 5.74) is -0.517. The summed E-state index contributed by atoms with van der Waals surface area (Å²) in [7, 11) is 0. The van der Waals surface area contributed by atoms with Crippen molar-refractivity contribution in [2.45, 2.75) is 39.3 Å². The molecule has 1 unspecified atom stereocenters. The summed E-state index contributed by atoms with van der Waals surface area (Å²) in [6, 6.07) is 1.75. The van der Waals surface area contributed by atoms with Crippen LogP contribution >= 0.6 is 15.9 Å². The first-order valence-electron chi connectivity index (χ1n) is 6.83. The van der Waals surface area contributed by atoms with Gasteiger partial charge < -0.3 is 5.11 Å². The monoisotopic (exact) mass is 361 g/mol. The third-order valence-corrected chi connectivity index (χ3v) is 4.72. The van der Waals surface area contributed by atoms with Crippen LogP contribution in [0.4, 0.5) is 8.78 Å². The number of carboxylic acid groups (broad SMARTS) is 1. The Bertz CT molecular complexity index is 563. The molecule has 1 aliphatic rings. The number of carboxylic acids is 1. The highest BCUT2D eigenvalue weighted by molar-refractivity contribution is 9.10. The van der Waals surface area contributed by atoms with Crippen LogP contribution in [0.25, 0.3) is 0 Å². The van der Waals surface area contributed by atoms with E-state index < -0.39 is 29.1 Å². The molecule has 1 N–H and O–H groups in total. The van der Waals surface area contributed by atoms with Crippen molar-refractivity contribution in [3.8, 4) is 0 Å². The number of benzene rings is 1. The van der Waals surface area contributed by atoms with Crippen molar-refractivity contribution in [3.05, 3.63) is 33.8 Å². The lowest BCUT2D eigenvalue weighted by molar-refractivity contribution is -0.151. The zero-order valence-corrected chi connectivity index (χ0v) is 13.6. The third-order valence-electron chi connectivity index (χ3n) is 4.11. The van der Waals surface area contributed by atoms with Gasteiger partial charge in [-0.1, -0.05) is 13.8 Å². The summed E-state index contributed by atoms with van der Waals surface area (Å²) in [5, 5.41) is 9.48. The van der Waals surface area contributed by atoms with Crippen LogP contribution in [-0.2, 0) is 11.3 Å². The highest BCUT2D eigenvalue weighted by Gasteiger charge is 2.42. The van der Waals surface area contributed by atoms with Crippen molar-refractivity contribution >= 4 is 21.9 Å². The van der Waals surface area contributed by atoms with E-state index in [2.05, 4.69) is 15.9 Å². The molecule has 0 saturated carbocycles. The highest BCUT2D eigenvalue weighted by Crippen LogP contribution is 2.36. The number of likely N-dealkylation sites (tertiary alicyclic amines) is 1. The molecular weight excluding hydrogens is 344 g/mol. The van der Waals surface area contributed by atoms with Gasteiger partial charge in [-0.25, -0.2) is 8.78 Å². The molecule has 21 heavy (non-hydrogen) atoms. The van der Waals surface area contributed by atoms with Gasteiger partial charge in [-0.05, 0) is 52.9 Å². The van der Waals surface area contributed by atoms with Crippen molar-refractivity contribution in [2.75, 3.05) is 6.54 Å². The Labute approximate surface area is 131 Å². The Morgan fingerprint density at radius 2 is 2.14 bits per heavy atom. The predicted molar refractivity (Wildman–Crippen MR) is 78.9 cm³/mol. The Kier molecular flexibility index (Phi) is 4.68. The van der Waals surface area contributed by atoms with E-state index in [-0.39, 0.29) is 16.6 Å². The van der Waals surface area contributed by atoms with Crippen LogP contribution in [0, 0.1) is 17.0 Å². The van der Waals surface area contributed by atoms with E-state index >= 15 is 0 Å². The molecule has 6 heteroatoms. The van der Waals surface area contributed by atoms with Gasteiger partial charge >= 0.3 is 5.97 Å². The summed E-state index contributed by atoms with van der Waals surface area (Å²) in [6.45, 7) is 4.24. The molecule has 1 aromatic rings. The summed E-state index contributed by atoms with van der Waals surface area (Å²) in [4.78, 5) is 13.2. The smallest absolute Gasteiger partial charge is 0.321 e. The topological polar surface area (TPSA) is 40.5 Å². The van der Waals surface area contributed by atoms with Crippen molar-refractivity contribution in [1.82, 2.24) is 4.90 Å². The Morgan fingerprint density at radius 3 is 2.76 bits per heavy atom. The minimum Gasteiger partial charge on any atom is -0.480 e. The quantitative estimate of drug-likeness (QED) is 0.832. The molecule has 2 rings (SSSR count). The zero-order valence-electron chi connectivity index (χ0n) is 12.0. The first-order valence-corrected chi connectivity index (χ1v) is 7.62. The summed E-state index contributed by atoms with van der Waals surface area (Å²) in [6.07, 6.45) is 1.60. The van der Waals surface area contributed by atoms with E-state index in [1.807, 2.05) is 13.8 Å². The Morgan fingerprint density at radius 1 is 1.48 bits per heavy atom. The fourth-order valence-electron chi connectivity index (χ4n) is 3.08. The van der Waals surface area contributed by atoms with Gasteiger partial charge in [0.1, 0.15) is 17.7 Å². The molecule has 0 amide bonds. The number of halogens is 3. The maximum absolute atomic E-state index is 14.1. The number of carbonyl (C=O) groups is 1. The number of hydrogen-bond acceptors (Lipinski definition) is 2. The van der Waals surface area contributed by atoms with Gasteiger partial charge in [0.2, 0.25) is 0 Å². The fraction of sp³-hybridized carbons (Fsp3) is 0.533. The number of hydrogen-bond donors (Lipinski definition) is 1. The lowest BCUT2D eigenvalue weighted by Gasteiger charge is -2.44. The number of aliphatic carboxylic acids is 1. The van der Waals surface area contributed by atoms with Gasteiger partial charge in [0, 0.05) is 12.1 Å². The van der Waals surface area contributed by atoms with Crippen molar-refractivity contribution < 1.29 is 18.7 Å². The number of rotatable bonds is 3. The predicted octanol–water partition coefficient (Wildman–Crippen LogP) is 3.80. The lowest BCUT2D eigenvalue weighted by Crippen LogP contribution is -2.53. The van der Waals surface area contributed by atoms with Gasteiger partial charge in [0.25, 0.3) is 0 Å². The molecule has 0 radical (unpaired) electrons. The summed E-state index contributed by atoms with van der Waals surface area (Å²) in [5.74, 6) is -2.26. The molecule has 0 spiro atoms. The first-order chi connectivity index (χ1) is 9.74. The standard InChI is InChI=1S/C15H18BrF2NO2/c1-15(2)6-3-7-19(13(15)14(20)21)8-9-11(17)5-4-10(16)12(9)18/h4-5,13H,3,6-8H2,1-2H3,(H,20,21). The maximum atomic E-state index is 14.1. The van der Waals surface area contributed by atoms with Crippen LogP contribution in [0.2, 0.25) is 0 Å². The van der Waals surface area contributed by atoms with Crippen molar-refractivity contribution in [1.29, 1.82) is 0 Å². The minimum atomic E-state index is -0.949. The van der Waals surface area contributed by atoms with Crippen molar-refractivity contribution in [3.63, 3.8) is 0 Å². The van der Waals surface area contributed by atoms with Crippen LogP contribution < -0.4 is 0 Å². The third kappa shape index (κ3) is 3.26. The van der Waals surface area contributed by atoms with E-state index in [9.17, 15) is 18.7 Å². The van der Waals surface area contributed by atoms with Crippen LogP contribution in [0.1, 0.15) is 32.3 Å². The summed E-state index contributed by atoms with van der Waals surface area (Å²) < 4.78 is 28.1. The largest absolute Gasteiger partial charge is 0.480 e. The second-order valence-corrected chi connectivity index (χ2v) is 6.98. The first kappa shape index (κ1) is 16.4. The molecule has 0 aliphatic carbocycles. The lowest BCUT2D eigenvalue weighted by atomic mass is 9.76. The molecule has 1 atom stereocenters.